The van der Waals surface area contributed by atoms with Crippen LogP contribution in [0.2, 0.25) is 0 Å². The van der Waals surface area contributed by atoms with E-state index in [1.165, 1.54) is 25.3 Å². The Kier molecular flexibility index (Phi) is 6.95. The molecule has 0 fully saturated rings. The van der Waals surface area contributed by atoms with Crippen molar-refractivity contribution >= 4 is 33.3 Å². The van der Waals surface area contributed by atoms with Crippen molar-refractivity contribution in [3.63, 3.8) is 0 Å². The maximum absolute atomic E-state index is 12.5. The van der Waals surface area contributed by atoms with Gasteiger partial charge in [0.25, 0.3) is 5.91 Å². The molecule has 2 heterocycles. The Morgan fingerprint density at radius 1 is 1.10 bits per heavy atom. The Balaban J connectivity index is 1.53. The molecule has 0 bridgehead atoms. The third kappa shape index (κ3) is 5.87. The van der Waals surface area contributed by atoms with Crippen molar-refractivity contribution in [3.8, 4) is 5.75 Å². The number of sulfonamides is 1. The highest BCUT2D eigenvalue weighted by Gasteiger charge is 2.18. The number of hydrogen-bond acceptors (Lipinski definition) is 9. The molecule has 3 rings (SSSR count). The van der Waals surface area contributed by atoms with E-state index in [2.05, 4.69) is 30.5 Å². The quantitative estimate of drug-likeness (QED) is 0.336. The highest BCUT2D eigenvalue weighted by Crippen LogP contribution is 2.22. The summed E-state index contributed by atoms with van der Waals surface area (Å²) in [6.45, 7) is 0.347. The first-order valence-electron chi connectivity index (χ1n) is 9.11. The zero-order chi connectivity index (χ0) is 22.3. The molecule has 1 aromatic carbocycles. The first kappa shape index (κ1) is 21.9. The zero-order valence-electron chi connectivity index (χ0n) is 16.6. The molecule has 12 heteroatoms. The van der Waals surface area contributed by atoms with Gasteiger partial charge in [0, 0.05) is 19.3 Å². The lowest BCUT2D eigenvalue weighted by Gasteiger charge is -2.11. The van der Waals surface area contributed by atoms with Crippen molar-refractivity contribution in [1.29, 1.82) is 0 Å². The molecule has 0 saturated carbocycles. The molecule has 0 radical (unpaired) electrons. The number of hydrogen-bond donors (Lipinski definition) is 4. The number of pyridine rings is 1. The van der Waals surface area contributed by atoms with E-state index < -0.39 is 15.9 Å². The summed E-state index contributed by atoms with van der Waals surface area (Å²) in [7, 11) is -2.48. The van der Waals surface area contributed by atoms with Gasteiger partial charge in [-0.1, -0.05) is 0 Å². The molecule has 1 amide bonds. The number of nitrogens with two attached hydrogens (primary N) is 1. The number of carbonyl (C=O) groups excluding carboxylic acids is 1. The number of carbonyl (C=O) groups is 1. The molecular formula is C19H21N7O4S. The number of rotatable bonds is 10. The van der Waals surface area contributed by atoms with Gasteiger partial charge in [-0.3, -0.25) is 9.78 Å². The number of aromatic nitrogens is 3. The maximum Gasteiger partial charge on any atom is 0.252 e. The highest BCUT2D eigenvalue weighted by molar-refractivity contribution is 7.89. The largest absolute Gasteiger partial charge is 0.496 e. The third-order valence-corrected chi connectivity index (χ3v) is 5.53. The molecule has 0 aliphatic heterocycles. The van der Waals surface area contributed by atoms with Crippen LogP contribution in [0.25, 0.3) is 0 Å². The smallest absolute Gasteiger partial charge is 0.252 e. The summed E-state index contributed by atoms with van der Waals surface area (Å²) in [5, 5.41) is 14.1. The fourth-order valence-corrected chi connectivity index (χ4v) is 3.64. The Labute approximate surface area is 179 Å². The predicted octanol–water partition coefficient (Wildman–Crippen LogP) is 1.11. The number of nitrogens with one attached hydrogen (secondary N) is 3. The standard InChI is InChI=1S/C19H21N7O4S/c1-30-16-5-4-14(11-15(16)19(20)27)31(28,29)23-10-9-22-17-6-7-18(26-25-17)24-13-3-2-8-21-12-13/h2-8,11-12,23H,9-10H2,1H3,(H2,20,27)(H,22,25)(H,24,26). The van der Waals surface area contributed by atoms with E-state index in [1.807, 2.05) is 6.07 Å². The van der Waals surface area contributed by atoms with Crippen LogP contribution in [0.4, 0.5) is 17.3 Å². The summed E-state index contributed by atoms with van der Waals surface area (Å²) in [5.74, 6) is 0.448. The van der Waals surface area contributed by atoms with Crippen LogP contribution < -0.4 is 25.8 Å². The second kappa shape index (κ2) is 9.82. The van der Waals surface area contributed by atoms with E-state index in [4.69, 9.17) is 10.5 Å². The van der Waals surface area contributed by atoms with Crippen LogP contribution in [-0.4, -0.2) is 49.7 Å². The number of primary amides is 1. The normalized spacial score (nSPS) is 11.0. The fraction of sp³-hybridized carbons (Fsp3) is 0.158. The van der Waals surface area contributed by atoms with E-state index in [-0.39, 0.29) is 29.3 Å². The van der Waals surface area contributed by atoms with Crippen molar-refractivity contribution in [2.75, 3.05) is 30.8 Å². The number of nitrogens with zero attached hydrogens (tertiary/aromatic N) is 3. The lowest BCUT2D eigenvalue weighted by molar-refractivity contribution is 0.0997. The molecule has 0 aliphatic rings. The van der Waals surface area contributed by atoms with Crippen molar-refractivity contribution in [2.24, 2.45) is 5.73 Å². The summed E-state index contributed by atoms with van der Waals surface area (Å²) in [4.78, 5) is 15.4. The van der Waals surface area contributed by atoms with Crippen LogP contribution >= 0.6 is 0 Å². The molecular weight excluding hydrogens is 422 g/mol. The van der Waals surface area contributed by atoms with Gasteiger partial charge in [0.2, 0.25) is 10.0 Å². The molecule has 5 N–H and O–H groups in total. The molecule has 0 unspecified atom stereocenters. The first-order valence-corrected chi connectivity index (χ1v) is 10.6. The van der Waals surface area contributed by atoms with E-state index >= 15 is 0 Å². The lowest BCUT2D eigenvalue weighted by Crippen LogP contribution is -2.29. The minimum absolute atomic E-state index is 0.0150. The molecule has 0 atom stereocenters. The van der Waals surface area contributed by atoms with Gasteiger partial charge >= 0.3 is 0 Å². The lowest BCUT2D eigenvalue weighted by atomic mass is 10.2. The van der Waals surface area contributed by atoms with E-state index in [0.29, 0.717) is 11.6 Å². The van der Waals surface area contributed by atoms with Gasteiger partial charge in [0.1, 0.15) is 11.6 Å². The van der Waals surface area contributed by atoms with Gasteiger partial charge in [-0.05, 0) is 42.5 Å². The van der Waals surface area contributed by atoms with Gasteiger partial charge in [0.05, 0.1) is 29.5 Å². The fourth-order valence-electron chi connectivity index (χ4n) is 2.58. The average Bonchev–Trinajstić information content (AvgIpc) is 2.78. The van der Waals surface area contributed by atoms with E-state index in [9.17, 15) is 13.2 Å². The Bertz CT molecular complexity index is 1140. The van der Waals surface area contributed by atoms with Crippen molar-refractivity contribution < 1.29 is 17.9 Å². The van der Waals surface area contributed by atoms with Crippen LogP contribution in [0.15, 0.2) is 59.8 Å². The number of benzene rings is 1. The molecule has 162 valence electrons. The van der Waals surface area contributed by atoms with E-state index in [0.717, 1.165) is 5.69 Å². The summed E-state index contributed by atoms with van der Waals surface area (Å²) < 4.78 is 32.4. The van der Waals surface area contributed by atoms with Gasteiger partial charge in [-0.25, -0.2) is 13.1 Å². The number of ether oxygens (including phenoxy) is 1. The molecule has 0 aliphatic carbocycles. The second-order valence-electron chi connectivity index (χ2n) is 6.22. The van der Waals surface area contributed by atoms with Crippen molar-refractivity contribution in [2.45, 2.75) is 4.90 Å². The van der Waals surface area contributed by atoms with Gasteiger partial charge in [0.15, 0.2) is 5.82 Å². The van der Waals surface area contributed by atoms with E-state index in [1.54, 1.807) is 30.6 Å². The molecule has 11 nitrogen and oxygen atoms in total. The molecule has 2 aromatic heterocycles. The van der Waals surface area contributed by atoms with Gasteiger partial charge < -0.3 is 21.1 Å². The summed E-state index contributed by atoms with van der Waals surface area (Å²) in [5.41, 5.74) is 6.04. The Hall–Kier alpha value is -3.77. The van der Waals surface area contributed by atoms with Crippen LogP contribution in [0, 0.1) is 0 Å². The number of anilines is 3. The number of amides is 1. The topological polar surface area (TPSA) is 161 Å². The minimum Gasteiger partial charge on any atom is -0.496 e. The highest BCUT2D eigenvalue weighted by atomic mass is 32.2. The zero-order valence-corrected chi connectivity index (χ0v) is 17.4. The van der Waals surface area contributed by atoms with Gasteiger partial charge in [-0.2, -0.15) is 0 Å². The number of methoxy groups -OCH3 is 1. The summed E-state index contributed by atoms with van der Waals surface area (Å²) in [6.07, 6.45) is 3.33. The van der Waals surface area contributed by atoms with Crippen LogP contribution in [0.1, 0.15) is 10.4 Å². The average molecular weight is 443 g/mol. The molecule has 0 spiro atoms. The summed E-state index contributed by atoms with van der Waals surface area (Å²) >= 11 is 0. The predicted molar refractivity (Wildman–Crippen MR) is 115 cm³/mol. The molecule has 3 aromatic rings. The summed E-state index contributed by atoms with van der Waals surface area (Å²) in [6, 6.07) is 11.0. The SMILES string of the molecule is COc1ccc(S(=O)(=O)NCCNc2ccc(Nc3cccnc3)nn2)cc1C(N)=O. The van der Waals surface area contributed by atoms with Crippen LogP contribution in [0.5, 0.6) is 5.75 Å². The maximum atomic E-state index is 12.5. The van der Waals surface area contributed by atoms with Crippen molar-refractivity contribution in [1.82, 2.24) is 19.9 Å². The van der Waals surface area contributed by atoms with Crippen LogP contribution in [0.3, 0.4) is 0 Å². The molecule has 0 saturated heterocycles. The Morgan fingerprint density at radius 2 is 1.87 bits per heavy atom. The Morgan fingerprint density at radius 3 is 2.52 bits per heavy atom. The van der Waals surface area contributed by atoms with Crippen molar-refractivity contribution in [3.05, 3.63) is 60.4 Å². The monoisotopic (exact) mass is 443 g/mol. The van der Waals surface area contributed by atoms with Crippen LogP contribution in [-0.2, 0) is 10.0 Å². The molecule has 31 heavy (non-hydrogen) atoms. The second-order valence-corrected chi connectivity index (χ2v) is 7.99. The first-order chi connectivity index (χ1) is 14.9. The van der Waals surface area contributed by atoms with Gasteiger partial charge in [-0.15, -0.1) is 10.2 Å². The third-order valence-electron chi connectivity index (χ3n) is 4.07. The minimum atomic E-state index is -3.84.